The van der Waals surface area contributed by atoms with Crippen molar-refractivity contribution in [2.75, 3.05) is 0 Å². The molecule has 2 heterocycles. The third-order valence-electron chi connectivity index (χ3n) is 8.51. The minimum atomic E-state index is 0.612. The first-order valence-corrected chi connectivity index (χ1v) is 16.0. The van der Waals surface area contributed by atoms with Crippen molar-refractivity contribution in [3.63, 3.8) is 0 Å². The van der Waals surface area contributed by atoms with E-state index in [9.17, 15) is 0 Å². The molecule has 0 amide bonds. The van der Waals surface area contributed by atoms with Gasteiger partial charge in [0.25, 0.3) is 0 Å². The minimum Gasteiger partial charge on any atom is -0.256 e. The molecule has 8 aromatic rings. The summed E-state index contributed by atoms with van der Waals surface area (Å²) in [5.41, 5.74) is 12.7. The SMILES string of the molecule is c1ccc(-c2ccc(-c3ncnc(-c4cc(-c5ccccc5)cc(-c5cccnc5-c5ccccc5-c5ccccc5)c4)n3)cc2)cc1. The molecule has 0 aliphatic carbocycles. The number of benzene rings is 6. The van der Waals surface area contributed by atoms with Crippen LogP contribution in [0.3, 0.4) is 0 Å². The van der Waals surface area contributed by atoms with Gasteiger partial charge in [-0.3, -0.25) is 4.98 Å². The quantitative estimate of drug-likeness (QED) is 0.179. The molecule has 0 aliphatic heterocycles. The summed E-state index contributed by atoms with van der Waals surface area (Å²) in [7, 11) is 0. The van der Waals surface area contributed by atoms with E-state index in [1.54, 1.807) is 6.33 Å². The van der Waals surface area contributed by atoms with Crippen molar-refractivity contribution in [3.8, 4) is 78.5 Å². The molecule has 0 saturated carbocycles. The Morgan fingerprint density at radius 1 is 0.292 bits per heavy atom. The molecule has 0 fully saturated rings. The van der Waals surface area contributed by atoms with E-state index in [2.05, 4.69) is 156 Å². The van der Waals surface area contributed by atoms with Crippen molar-refractivity contribution in [2.45, 2.75) is 0 Å². The second kappa shape index (κ2) is 13.1. The largest absolute Gasteiger partial charge is 0.256 e. The normalized spacial score (nSPS) is 10.9. The van der Waals surface area contributed by atoms with Crippen LogP contribution in [0.15, 0.2) is 182 Å². The molecule has 6 aromatic carbocycles. The molecule has 4 nitrogen and oxygen atoms in total. The smallest absolute Gasteiger partial charge is 0.163 e. The highest BCUT2D eigenvalue weighted by Crippen LogP contribution is 2.39. The van der Waals surface area contributed by atoms with Gasteiger partial charge < -0.3 is 0 Å². The fourth-order valence-electron chi connectivity index (χ4n) is 6.14. The van der Waals surface area contributed by atoms with Gasteiger partial charge in [-0.25, -0.2) is 15.0 Å². The topological polar surface area (TPSA) is 51.6 Å². The molecule has 0 radical (unpaired) electrons. The Bertz CT molecular complexity index is 2320. The van der Waals surface area contributed by atoms with Crippen molar-refractivity contribution in [1.29, 1.82) is 0 Å². The van der Waals surface area contributed by atoms with Crippen LogP contribution < -0.4 is 0 Å². The maximum absolute atomic E-state index is 4.98. The second-order valence-electron chi connectivity index (χ2n) is 11.6. The zero-order valence-electron chi connectivity index (χ0n) is 26.1. The third kappa shape index (κ3) is 5.91. The molecule has 48 heavy (non-hydrogen) atoms. The molecular weight excluding hydrogens is 585 g/mol. The number of aromatic nitrogens is 4. The van der Waals surface area contributed by atoms with Crippen LogP contribution in [0.2, 0.25) is 0 Å². The van der Waals surface area contributed by atoms with Gasteiger partial charge in [0.1, 0.15) is 6.33 Å². The molecule has 0 spiro atoms. The van der Waals surface area contributed by atoms with Crippen molar-refractivity contribution < 1.29 is 0 Å². The Hall–Kier alpha value is -6.52. The minimum absolute atomic E-state index is 0.612. The van der Waals surface area contributed by atoms with Crippen LogP contribution in [0, 0.1) is 0 Å². The van der Waals surface area contributed by atoms with Crippen LogP contribution in [0.4, 0.5) is 0 Å². The first-order valence-electron chi connectivity index (χ1n) is 16.0. The second-order valence-corrected chi connectivity index (χ2v) is 11.6. The lowest BCUT2D eigenvalue weighted by Crippen LogP contribution is -1.97. The summed E-state index contributed by atoms with van der Waals surface area (Å²) >= 11 is 0. The highest BCUT2D eigenvalue weighted by atomic mass is 15.0. The van der Waals surface area contributed by atoms with Crippen LogP contribution in [-0.2, 0) is 0 Å². The summed E-state index contributed by atoms with van der Waals surface area (Å²) < 4.78 is 0. The van der Waals surface area contributed by atoms with E-state index < -0.39 is 0 Å². The number of nitrogens with zero attached hydrogens (tertiary/aromatic N) is 4. The van der Waals surface area contributed by atoms with Gasteiger partial charge in [-0.1, -0.05) is 146 Å². The zero-order valence-corrected chi connectivity index (χ0v) is 26.1. The predicted molar refractivity (Wildman–Crippen MR) is 196 cm³/mol. The van der Waals surface area contributed by atoms with E-state index in [4.69, 9.17) is 9.97 Å². The zero-order chi connectivity index (χ0) is 32.1. The summed E-state index contributed by atoms with van der Waals surface area (Å²) in [6.07, 6.45) is 3.47. The Kier molecular flexibility index (Phi) is 7.87. The molecule has 0 atom stereocenters. The molecule has 0 saturated heterocycles. The van der Waals surface area contributed by atoms with E-state index in [0.29, 0.717) is 11.6 Å². The van der Waals surface area contributed by atoms with Gasteiger partial charge in [0.2, 0.25) is 0 Å². The highest BCUT2D eigenvalue weighted by molar-refractivity contribution is 5.91. The molecule has 0 unspecified atom stereocenters. The van der Waals surface area contributed by atoms with Gasteiger partial charge >= 0.3 is 0 Å². The Morgan fingerprint density at radius 3 is 1.46 bits per heavy atom. The summed E-state index contributed by atoms with van der Waals surface area (Å²) in [5.74, 6) is 1.24. The molecule has 0 N–H and O–H groups in total. The lowest BCUT2D eigenvalue weighted by molar-refractivity contribution is 1.07. The summed E-state index contributed by atoms with van der Waals surface area (Å²) in [6.45, 7) is 0. The van der Waals surface area contributed by atoms with Crippen molar-refractivity contribution in [1.82, 2.24) is 19.9 Å². The van der Waals surface area contributed by atoms with Gasteiger partial charge in [-0.2, -0.15) is 0 Å². The number of rotatable bonds is 7. The first kappa shape index (κ1) is 28.9. The Morgan fingerprint density at radius 2 is 0.771 bits per heavy atom. The van der Waals surface area contributed by atoms with E-state index in [1.165, 1.54) is 5.56 Å². The van der Waals surface area contributed by atoms with Crippen LogP contribution in [0.25, 0.3) is 78.5 Å². The van der Waals surface area contributed by atoms with E-state index in [1.807, 2.05) is 30.5 Å². The van der Waals surface area contributed by atoms with Gasteiger partial charge in [-0.05, 0) is 63.2 Å². The summed E-state index contributed by atoms with van der Waals surface area (Å²) in [6, 6.07) is 58.8. The first-order chi connectivity index (χ1) is 23.8. The standard InChI is InChI=1S/C44H30N4/c1-4-13-31(14-5-1)33-22-24-35(25-23-33)43-46-30-47-44(48-43)38-28-36(32-15-6-2-7-16-32)27-37(29-38)40-21-12-26-45-42(40)41-20-11-10-19-39(41)34-17-8-3-9-18-34/h1-30H. The molecule has 2 aromatic heterocycles. The number of hydrogen-bond donors (Lipinski definition) is 0. The Balaban J connectivity index is 1.25. The predicted octanol–water partition coefficient (Wildman–Crippen LogP) is 10.9. The highest BCUT2D eigenvalue weighted by Gasteiger charge is 2.17. The van der Waals surface area contributed by atoms with Crippen molar-refractivity contribution in [2.24, 2.45) is 0 Å². The van der Waals surface area contributed by atoms with E-state index in [0.717, 1.165) is 61.3 Å². The van der Waals surface area contributed by atoms with Crippen LogP contribution in [0.1, 0.15) is 0 Å². The maximum Gasteiger partial charge on any atom is 0.163 e. The van der Waals surface area contributed by atoms with Crippen molar-refractivity contribution in [3.05, 3.63) is 182 Å². The molecule has 4 heteroatoms. The van der Waals surface area contributed by atoms with Crippen molar-refractivity contribution >= 4 is 0 Å². The van der Waals surface area contributed by atoms with Crippen LogP contribution in [-0.4, -0.2) is 19.9 Å². The third-order valence-corrected chi connectivity index (χ3v) is 8.51. The van der Waals surface area contributed by atoms with Crippen LogP contribution >= 0.6 is 0 Å². The molecule has 226 valence electrons. The van der Waals surface area contributed by atoms with Gasteiger partial charge in [0.05, 0.1) is 5.69 Å². The van der Waals surface area contributed by atoms with Crippen LogP contribution in [0.5, 0.6) is 0 Å². The average molecular weight is 615 g/mol. The Labute approximate surface area is 280 Å². The van der Waals surface area contributed by atoms with Gasteiger partial charge in [-0.15, -0.1) is 0 Å². The molecule has 0 aliphatic rings. The van der Waals surface area contributed by atoms with Gasteiger partial charge in [0, 0.05) is 28.5 Å². The van der Waals surface area contributed by atoms with E-state index >= 15 is 0 Å². The number of pyridine rings is 1. The lowest BCUT2D eigenvalue weighted by Gasteiger charge is -2.15. The van der Waals surface area contributed by atoms with E-state index in [-0.39, 0.29) is 0 Å². The monoisotopic (exact) mass is 614 g/mol. The average Bonchev–Trinajstić information content (AvgIpc) is 3.19. The summed E-state index contributed by atoms with van der Waals surface area (Å²) in [4.78, 5) is 19.2. The summed E-state index contributed by atoms with van der Waals surface area (Å²) in [5, 5.41) is 0. The number of hydrogen-bond acceptors (Lipinski definition) is 4. The fraction of sp³-hybridized carbons (Fsp3) is 0. The fourth-order valence-corrected chi connectivity index (χ4v) is 6.14. The van der Waals surface area contributed by atoms with Gasteiger partial charge in [0.15, 0.2) is 11.6 Å². The lowest BCUT2D eigenvalue weighted by atomic mass is 9.90. The maximum atomic E-state index is 4.98. The molecule has 8 rings (SSSR count). The molecule has 0 bridgehead atoms. The molecular formula is C44H30N4.